The molecule has 2 aromatic rings. The molecule has 1 aromatic carbocycles. The van der Waals surface area contributed by atoms with Crippen LogP contribution in [-0.2, 0) is 0 Å². The van der Waals surface area contributed by atoms with Gasteiger partial charge in [-0.25, -0.2) is 0 Å². The summed E-state index contributed by atoms with van der Waals surface area (Å²) in [6.07, 6.45) is 5.83. The Morgan fingerprint density at radius 2 is 1.87 bits per heavy atom. The predicted octanol–water partition coefficient (Wildman–Crippen LogP) is 3.11. The van der Waals surface area contributed by atoms with Crippen LogP contribution < -0.4 is 0 Å². The molecule has 2 heterocycles. The molecule has 0 spiro atoms. The molecular weight excluding hydrogens is 204 g/mol. The molecule has 15 heavy (non-hydrogen) atoms. The average Bonchev–Trinajstić information content (AvgIpc) is 2.48. The van der Waals surface area contributed by atoms with Crippen molar-refractivity contribution in [1.29, 1.82) is 0 Å². The minimum atomic E-state index is 0.943. The van der Waals surface area contributed by atoms with Crippen LogP contribution in [0.4, 0.5) is 0 Å². The summed E-state index contributed by atoms with van der Waals surface area (Å²) in [6, 6.07) is 10.3. The molecule has 0 aliphatic carbocycles. The van der Waals surface area contributed by atoms with Crippen LogP contribution in [0.15, 0.2) is 46.3 Å². The molecule has 72 valence electrons. The van der Waals surface area contributed by atoms with E-state index < -0.39 is 0 Å². The first-order valence-corrected chi connectivity index (χ1v) is 5.52. The van der Waals surface area contributed by atoms with Crippen molar-refractivity contribution in [2.24, 2.45) is 0 Å². The average molecular weight is 212 g/mol. The van der Waals surface area contributed by atoms with E-state index in [-0.39, 0.29) is 0 Å². The Morgan fingerprint density at radius 1 is 0.933 bits per heavy atom. The van der Waals surface area contributed by atoms with Gasteiger partial charge in [0.25, 0.3) is 0 Å². The second kappa shape index (κ2) is 3.51. The number of rotatable bonds is 0. The van der Waals surface area contributed by atoms with E-state index in [1.165, 1.54) is 10.5 Å². The zero-order chi connectivity index (χ0) is 10.1. The Bertz CT molecular complexity index is 487. The monoisotopic (exact) mass is 212 g/mol. The van der Waals surface area contributed by atoms with Crippen molar-refractivity contribution in [1.82, 2.24) is 10.2 Å². The molecule has 0 bridgehead atoms. The molecule has 1 aliphatic heterocycles. The summed E-state index contributed by atoms with van der Waals surface area (Å²) in [5.74, 6) is 0. The maximum Gasteiger partial charge on any atom is 0.0996 e. The molecule has 0 radical (unpaired) electrons. The van der Waals surface area contributed by atoms with Gasteiger partial charge in [0.2, 0.25) is 0 Å². The zero-order valence-corrected chi connectivity index (χ0v) is 8.74. The molecular formula is C12H8N2S. The maximum absolute atomic E-state index is 4.10. The highest BCUT2D eigenvalue weighted by Gasteiger charge is 2.09. The van der Waals surface area contributed by atoms with Crippen LogP contribution in [0.3, 0.4) is 0 Å². The van der Waals surface area contributed by atoms with Gasteiger partial charge in [0.05, 0.1) is 11.9 Å². The summed E-state index contributed by atoms with van der Waals surface area (Å²) in [4.78, 5) is 2.42. The van der Waals surface area contributed by atoms with Gasteiger partial charge in [-0.2, -0.15) is 5.10 Å². The van der Waals surface area contributed by atoms with Crippen molar-refractivity contribution in [2.75, 3.05) is 0 Å². The largest absolute Gasteiger partial charge is 0.158 e. The summed E-state index contributed by atoms with van der Waals surface area (Å²) in [6.45, 7) is 0. The van der Waals surface area contributed by atoms with Crippen molar-refractivity contribution in [3.8, 4) is 0 Å². The van der Waals surface area contributed by atoms with Crippen LogP contribution in [0, 0.1) is 0 Å². The van der Waals surface area contributed by atoms with Crippen LogP contribution >= 0.6 is 11.8 Å². The highest BCUT2D eigenvalue weighted by atomic mass is 32.2. The molecule has 3 heteroatoms. The Kier molecular flexibility index (Phi) is 2.03. The van der Waals surface area contributed by atoms with Gasteiger partial charge in [0.1, 0.15) is 0 Å². The SMILES string of the molecule is C1=Cc2nnccc2Sc2ccccc21. The zero-order valence-electron chi connectivity index (χ0n) is 7.92. The molecule has 0 fully saturated rings. The molecule has 0 atom stereocenters. The number of benzene rings is 1. The summed E-state index contributed by atoms with van der Waals surface area (Å²) >= 11 is 1.74. The quantitative estimate of drug-likeness (QED) is 0.572. The standard InChI is InChI=1S/C12H8N2S/c1-2-4-11-9(3-1)5-6-10-12(15-11)7-8-13-14-10/h1-8H. The Morgan fingerprint density at radius 3 is 2.87 bits per heavy atom. The van der Waals surface area contributed by atoms with Crippen molar-refractivity contribution in [3.05, 3.63) is 47.8 Å². The number of hydrogen-bond acceptors (Lipinski definition) is 3. The van der Waals surface area contributed by atoms with Crippen molar-refractivity contribution in [3.63, 3.8) is 0 Å². The first-order valence-electron chi connectivity index (χ1n) is 4.70. The van der Waals surface area contributed by atoms with E-state index in [2.05, 4.69) is 34.5 Å². The van der Waals surface area contributed by atoms with Crippen molar-refractivity contribution < 1.29 is 0 Å². The predicted molar refractivity (Wildman–Crippen MR) is 61.5 cm³/mol. The molecule has 2 nitrogen and oxygen atoms in total. The van der Waals surface area contributed by atoms with Gasteiger partial charge in [0.15, 0.2) is 0 Å². The summed E-state index contributed by atoms with van der Waals surface area (Å²) in [5.41, 5.74) is 2.18. The van der Waals surface area contributed by atoms with Crippen LogP contribution in [-0.4, -0.2) is 10.2 Å². The molecule has 1 aromatic heterocycles. The fraction of sp³-hybridized carbons (Fsp3) is 0. The Labute approximate surface area is 92.1 Å². The summed E-state index contributed by atoms with van der Waals surface area (Å²) in [7, 11) is 0. The van der Waals surface area contributed by atoms with Gasteiger partial charge in [-0.1, -0.05) is 36.0 Å². The van der Waals surface area contributed by atoms with Gasteiger partial charge in [-0.3, -0.25) is 0 Å². The maximum atomic E-state index is 4.10. The topological polar surface area (TPSA) is 25.8 Å². The second-order valence-electron chi connectivity index (χ2n) is 3.25. The first kappa shape index (κ1) is 8.68. The fourth-order valence-corrected chi connectivity index (χ4v) is 2.51. The smallest absolute Gasteiger partial charge is 0.0996 e. The van der Waals surface area contributed by atoms with E-state index in [4.69, 9.17) is 0 Å². The minimum Gasteiger partial charge on any atom is -0.158 e. The fourth-order valence-electron chi connectivity index (χ4n) is 1.53. The summed E-state index contributed by atoms with van der Waals surface area (Å²) < 4.78 is 0. The third-order valence-corrected chi connectivity index (χ3v) is 3.43. The number of aromatic nitrogens is 2. The molecule has 0 unspecified atom stereocenters. The lowest BCUT2D eigenvalue weighted by Gasteiger charge is -2.03. The first-order chi connectivity index (χ1) is 7.43. The van der Waals surface area contributed by atoms with Crippen LogP contribution in [0.1, 0.15) is 11.3 Å². The lowest BCUT2D eigenvalue weighted by atomic mass is 10.2. The summed E-state index contributed by atoms with van der Waals surface area (Å²) in [5, 5.41) is 7.99. The van der Waals surface area contributed by atoms with Crippen molar-refractivity contribution >= 4 is 23.9 Å². The van der Waals surface area contributed by atoms with Crippen LogP contribution in [0.2, 0.25) is 0 Å². The normalized spacial score (nSPS) is 12.8. The van der Waals surface area contributed by atoms with E-state index >= 15 is 0 Å². The number of fused-ring (bicyclic) bond motifs is 2. The van der Waals surface area contributed by atoms with E-state index in [0.29, 0.717) is 0 Å². The van der Waals surface area contributed by atoms with E-state index in [0.717, 1.165) is 10.6 Å². The molecule has 0 amide bonds. The van der Waals surface area contributed by atoms with E-state index in [1.54, 1.807) is 18.0 Å². The van der Waals surface area contributed by atoms with Gasteiger partial charge in [0, 0.05) is 9.79 Å². The van der Waals surface area contributed by atoms with Gasteiger partial charge in [-0.15, -0.1) is 5.10 Å². The Balaban J connectivity index is 2.19. The Hall–Kier alpha value is -1.61. The molecule has 0 N–H and O–H groups in total. The van der Waals surface area contributed by atoms with Crippen LogP contribution in [0.25, 0.3) is 12.2 Å². The molecule has 1 aliphatic rings. The lowest BCUT2D eigenvalue weighted by molar-refractivity contribution is 0.982. The third-order valence-electron chi connectivity index (χ3n) is 2.27. The van der Waals surface area contributed by atoms with Crippen molar-refractivity contribution in [2.45, 2.75) is 9.79 Å². The van der Waals surface area contributed by atoms with Gasteiger partial charge in [-0.05, 0) is 23.8 Å². The van der Waals surface area contributed by atoms with Crippen LogP contribution in [0.5, 0.6) is 0 Å². The number of nitrogens with zero attached hydrogens (tertiary/aromatic N) is 2. The minimum absolute atomic E-state index is 0.943. The lowest BCUT2D eigenvalue weighted by Crippen LogP contribution is -1.86. The second-order valence-corrected chi connectivity index (χ2v) is 4.34. The molecule has 3 rings (SSSR count). The molecule has 0 saturated carbocycles. The van der Waals surface area contributed by atoms with Gasteiger partial charge < -0.3 is 0 Å². The highest BCUT2D eigenvalue weighted by molar-refractivity contribution is 7.99. The number of hydrogen-bond donors (Lipinski definition) is 0. The molecule has 0 saturated heterocycles. The van der Waals surface area contributed by atoms with E-state index in [9.17, 15) is 0 Å². The third kappa shape index (κ3) is 1.55. The highest BCUT2D eigenvalue weighted by Crippen LogP contribution is 2.35. The van der Waals surface area contributed by atoms with E-state index in [1.807, 2.05) is 18.2 Å². The van der Waals surface area contributed by atoms with Gasteiger partial charge >= 0.3 is 0 Å².